The molecule has 5 heteroatoms. The van der Waals surface area contributed by atoms with Crippen LogP contribution in [0, 0.1) is 5.41 Å². The van der Waals surface area contributed by atoms with Crippen molar-refractivity contribution in [3.63, 3.8) is 0 Å². The lowest BCUT2D eigenvalue weighted by Crippen LogP contribution is -2.50. The van der Waals surface area contributed by atoms with Crippen LogP contribution in [0.4, 0.5) is 0 Å². The zero-order valence-electron chi connectivity index (χ0n) is 7.94. The molecular weight excluding hydrogens is 204 g/mol. The highest BCUT2D eigenvalue weighted by atomic mass is 32.2. The van der Waals surface area contributed by atoms with E-state index in [0.29, 0.717) is 23.7 Å². The average molecular weight is 218 g/mol. The molecule has 0 aliphatic carbocycles. The van der Waals surface area contributed by atoms with Crippen LogP contribution in [0.3, 0.4) is 0 Å². The van der Waals surface area contributed by atoms with E-state index in [1.807, 2.05) is 0 Å². The molecule has 3 fully saturated rings. The van der Waals surface area contributed by atoms with Gasteiger partial charge in [-0.15, -0.1) is 0 Å². The van der Waals surface area contributed by atoms with Crippen LogP contribution in [0.25, 0.3) is 0 Å². The highest BCUT2D eigenvalue weighted by Crippen LogP contribution is 2.45. The summed E-state index contributed by atoms with van der Waals surface area (Å²) in [6, 6.07) is 0. The third-order valence-corrected chi connectivity index (χ3v) is 5.28. The second-order valence-electron chi connectivity index (χ2n) is 4.85. The lowest BCUT2D eigenvalue weighted by molar-refractivity contribution is 0.217. The lowest BCUT2D eigenvalue weighted by atomic mass is 9.82. The molecule has 3 aliphatic heterocycles. The minimum atomic E-state index is -2.74. The molecule has 0 aromatic heterocycles. The lowest BCUT2D eigenvalue weighted by Gasteiger charge is -2.40. The van der Waals surface area contributed by atoms with Crippen LogP contribution in [0.5, 0.6) is 0 Å². The van der Waals surface area contributed by atoms with Crippen molar-refractivity contribution in [2.75, 3.05) is 24.7 Å². The minimum absolute atomic E-state index is 0.0127. The molecule has 4 nitrogen and oxygen atoms in total. The summed E-state index contributed by atoms with van der Waals surface area (Å²) in [7, 11) is -2.74. The Morgan fingerprint density at radius 2 is 1.50 bits per heavy atom. The van der Waals surface area contributed by atoms with Crippen molar-refractivity contribution in [2.45, 2.75) is 25.0 Å². The molecule has 3 saturated heterocycles. The van der Waals surface area contributed by atoms with Gasteiger partial charge in [0.1, 0.15) is 0 Å². The number of ether oxygens (including phenoxy) is 2. The smallest absolute Gasteiger partial charge is 0.151 e. The van der Waals surface area contributed by atoms with Gasteiger partial charge in [-0.3, -0.25) is 0 Å². The molecule has 3 rings (SSSR count). The van der Waals surface area contributed by atoms with E-state index in [0.717, 1.165) is 26.1 Å². The second-order valence-corrected chi connectivity index (χ2v) is 6.92. The van der Waals surface area contributed by atoms with E-state index >= 15 is 0 Å². The summed E-state index contributed by atoms with van der Waals surface area (Å²) in [6.45, 7) is 1.63. The molecule has 0 saturated carbocycles. The van der Waals surface area contributed by atoms with Gasteiger partial charge in [0.25, 0.3) is 0 Å². The van der Waals surface area contributed by atoms with Gasteiger partial charge in [-0.25, -0.2) is 8.42 Å². The summed E-state index contributed by atoms with van der Waals surface area (Å²) >= 11 is 0. The number of epoxide rings is 2. The summed E-state index contributed by atoms with van der Waals surface area (Å²) in [6.07, 6.45) is 2.46. The largest absolute Gasteiger partial charge is 0.373 e. The molecule has 0 radical (unpaired) electrons. The number of sulfone groups is 1. The van der Waals surface area contributed by atoms with Crippen molar-refractivity contribution >= 4 is 9.84 Å². The van der Waals surface area contributed by atoms with Crippen LogP contribution >= 0.6 is 0 Å². The molecule has 0 aromatic carbocycles. The molecule has 2 atom stereocenters. The first-order valence-electron chi connectivity index (χ1n) is 5.01. The van der Waals surface area contributed by atoms with E-state index in [9.17, 15) is 8.42 Å². The standard InChI is InChI=1S/C9H14O4S/c10-14(11)5-9(6-14,1-7-3-12-7)2-8-4-13-8/h7-8H,1-6H2. The topological polar surface area (TPSA) is 59.2 Å². The first kappa shape index (κ1) is 9.12. The molecular formula is C9H14O4S. The van der Waals surface area contributed by atoms with Gasteiger partial charge in [0.2, 0.25) is 0 Å². The number of hydrogen-bond acceptors (Lipinski definition) is 4. The van der Waals surface area contributed by atoms with Gasteiger partial charge in [0.05, 0.1) is 36.9 Å². The quantitative estimate of drug-likeness (QED) is 0.622. The highest BCUT2D eigenvalue weighted by molar-refractivity contribution is 7.92. The van der Waals surface area contributed by atoms with Crippen LogP contribution in [0.2, 0.25) is 0 Å². The fraction of sp³-hybridized carbons (Fsp3) is 1.00. The second kappa shape index (κ2) is 2.71. The van der Waals surface area contributed by atoms with Crippen LogP contribution in [0.15, 0.2) is 0 Å². The zero-order valence-corrected chi connectivity index (χ0v) is 8.76. The van der Waals surface area contributed by atoms with E-state index in [2.05, 4.69) is 0 Å². The van der Waals surface area contributed by atoms with E-state index in [4.69, 9.17) is 9.47 Å². The minimum Gasteiger partial charge on any atom is -0.373 e. The Kier molecular flexibility index (Phi) is 1.77. The predicted molar refractivity (Wildman–Crippen MR) is 49.8 cm³/mol. The summed E-state index contributed by atoms with van der Waals surface area (Å²) in [4.78, 5) is 0. The van der Waals surface area contributed by atoms with Crippen molar-refractivity contribution < 1.29 is 17.9 Å². The summed E-state index contributed by atoms with van der Waals surface area (Å²) in [5.41, 5.74) is -0.0127. The van der Waals surface area contributed by atoms with Gasteiger partial charge in [-0.1, -0.05) is 0 Å². The third-order valence-electron chi connectivity index (χ3n) is 3.18. The molecule has 0 aromatic rings. The van der Waals surface area contributed by atoms with Crippen molar-refractivity contribution in [3.05, 3.63) is 0 Å². The Labute approximate surface area is 83.5 Å². The number of rotatable bonds is 4. The van der Waals surface area contributed by atoms with E-state index in [1.54, 1.807) is 0 Å². The van der Waals surface area contributed by atoms with Gasteiger partial charge >= 0.3 is 0 Å². The van der Waals surface area contributed by atoms with Gasteiger partial charge in [0, 0.05) is 5.41 Å². The summed E-state index contributed by atoms with van der Waals surface area (Å²) < 4.78 is 32.8. The maximum Gasteiger partial charge on any atom is 0.151 e. The van der Waals surface area contributed by atoms with Crippen molar-refractivity contribution in [1.82, 2.24) is 0 Å². The normalized spacial score (nSPS) is 41.4. The first-order chi connectivity index (χ1) is 6.57. The van der Waals surface area contributed by atoms with Crippen LogP contribution in [-0.4, -0.2) is 45.3 Å². The Morgan fingerprint density at radius 1 is 1.07 bits per heavy atom. The maximum atomic E-state index is 11.2. The SMILES string of the molecule is O=S1(=O)CC(CC2CO2)(CC2CO2)C1. The third kappa shape index (κ3) is 1.81. The Hall–Kier alpha value is -0.130. The van der Waals surface area contributed by atoms with Gasteiger partial charge in [-0.2, -0.15) is 0 Å². The fourth-order valence-corrected chi connectivity index (χ4v) is 4.80. The van der Waals surface area contributed by atoms with Gasteiger partial charge < -0.3 is 9.47 Å². The molecule has 14 heavy (non-hydrogen) atoms. The highest BCUT2D eigenvalue weighted by Gasteiger charge is 2.53. The Bertz CT molecular complexity index is 312. The molecule has 0 N–H and O–H groups in total. The molecule has 3 heterocycles. The van der Waals surface area contributed by atoms with E-state index in [-0.39, 0.29) is 5.41 Å². The van der Waals surface area contributed by atoms with Gasteiger partial charge in [-0.05, 0) is 12.8 Å². The first-order valence-corrected chi connectivity index (χ1v) is 6.83. The summed E-state index contributed by atoms with van der Waals surface area (Å²) in [5.74, 6) is 0.694. The molecule has 0 amide bonds. The Morgan fingerprint density at radius 3 is 1.79 bits per heavy atom. The van der Waals surface area contributed by atoms with Crippen LogP contribution in [0.1, 0.15) is 12.8 Å². The summed E-state index contributed by atoms with van der Waals surface area (Å²) in [5, 5.41) is 0. The van der Waals surface area contributed by atoms with E-state index in [1.165, 1.54) is 0 Å². The molecule has 0 bridgehead atoms. The maximum absolute atomic E-state index is 11.2. The molecule has 0 spiro atoms. The molecule has 2 unspecified atom stereocenters. The van der Waals surface area contributed by atoms with Gasteiger partial charge in [0.15, 0.2) is 9.84 Å². The van der Waals surface area contributed by atoms with E-state index < -0.39 is 9.84 Å². The fourth-order valence-electron chi connectivity index (χ4n) is 2.55. The Balaban J connectivity index is 1.67. The van der Waals surface area contributed by atoms with Crippen molar-refractivity contribution in [3.8, 4) is 0 Å². The van der Waals surface area contributed by atoms with Crippen LogP contribution < -0.4 is 0 Å². The van der Waals surface area contributed by atoms with Crippen LogP contribution in [-0.2, 0) is 19.3 Å². The van der Waals surface area contributed by atoms with Crippen molar-refractivity contribution in [1.29, 1.82) is 0 Å². The van der Waals surface area contributed by atoms with Crippen molar-refractivity contribution in [2.24, 2.45) is 5.41 Å². The zero-order chi connectivity index (χ0) is 9.81. The average Bonchev–Trinajstić information content (AvgIpc) is 2.78. The molecule has 3 aliphatic rings. The monoisotopic (exact) mass is 218 g/mol. The predicted octanol–water partition coefficient (Wildman–Crippen LogP) is -0.0210. The molecule has 80 valence electrons. The number of hydrogen-bond donors (Lipinski definition) is 0.